The van der Waals surface area contributed by atoms with Crippen LogP contribution in [0, 0.1) is 5.92 Å². The lowest BCUT2D eigenvalue weighted by atomic mass is 9.82. The van der Waals surface area contributed by atoms with Gasteiger partial charge < -0.3 is 15.7 Å². The maximum atomic E-state index is 11.5. The van der Waals surface area contributed by atoms with Crippen molar-refractivity contribution in [3.8, 4) is 0 Å². The zero-order valence-electron chi connectivity index (χ0n) is 10.3. The lowest BCUT2D eigenvalue weighted by Crippen LogP contribution is -2.43. The highest BCUT2D eigenvalue weighted by molar-refractivity contribution is 5.78. The molecule has 0 aromatic rings. The molecular weight excluding hydrogens is 204 g/mol. The SMILES string of the molecule is CCC(CC)NC(=O)CNCC1CC(O)C1. The van der Waals surface area contributed by atoms with E-state index in [1.807, 2.05) is 0 Å². The van der Waals surface area contributed by atoms with Gasteiger partial charge in [0.25, 0.3) is 0 Å². The van der Waals surface area contributed by atoms with E-state index in [2.05, 4.69) is 24.5 Å². The summed E-state index contributed by atoms with van der Waals surface area (Å²) in [5.41, 5.74) is 0. The van der Waals surface area contributed by atoms with E-state index in [1.165, 1.54) is 0 Å². The van der Waals surface area contributed by atoms with E-state index in [4.69, 9.17) is 5.11 Å². The highest BCUT2D eigenvalue weighted by atomic mass is 16.3. The van der Waals surface area contributed by atoms with Crippen molar-refractivity contribution in [2.24, 2.45) is 5.92 Å². The largest absolute Gasteiger partial charge is 0.393 e. The predicted octanol–water partition coefficient (Wildman–Crippen LogP) is 0.652. The van der Waals surface area contributed by atoms with Crippen LogP contribution in [-0.4, -0.2) is 36.2 Å². The molecule has 1 rings (SSSR count). The number of hydrogen-bond acceptors (Lipinski definition) is 3. The standard InChI is InChI=1S/C12H24N2O2/c1-3-10(4-2)14-12(16)8-13-7-9-5-11(15)6-9/h9-11,13,15H,3-8H2,1-2H3,(H,14,16). The number of hydrogen-bond donors (Lipinski definition) is 3. The van der Waals surface area contributed by atoms with Crippen LogP contribution in [0.5, 0.6) is 0 Å². The maximum absolute atomic E-state index is 11.5. The highest BCUT2D eigenvalue weighted by Gasteiger charge is 2.26. The molecule has 0 spiro atoms. The van der Waals surface area contributed by atoms with Gasteiger partial charge in [-0.1, -0.05) is 13.8 Å². The van der Waals surface area contributed by atoms with Crippen LogP contribution in [0.25, 0.3) is 0 Å². The summed E-state index contributed by atoms with van der Waals surface area (Å²) in [4.78, 5) is 11.5. The van der Waals surface area contributed by atoms with Crippen LogP contribution in [0.3, 0.4) is 0 Å². The van der Waals surface area contributed by atoms with Crippen LogP contribution in [0.1, 0.15) is 39.5 Å². The van der Waals surface area contributed by atoms with Gasteiger partial charge in [-0.3, -0.25) is 4.79 Å². The Balaban J connectivity index is 2.01. The normalized spacial score (nSPS) is 24.2. The Labute approximate surface area is 97.8 Å². The van der Waals surface area contributed by atoms with Crippen molar-refractivity contribution in [3.05, 3.63) is 0 Å². The Bertz CT molecular complexity index is 211. The molecule has 0 aromatic heterocycles. The van der Waals surface area contributed by atoms with Gasteiger partial charge in [0, 0.05) is 6.04 Å². The van der Waals surface area contributed by atoms with Crippen molar-refractivity contribution in [2.45, 2.75) is 51.7 Å². The molecule has 1 saturated carbocycles. The van der Waals surface area contributed by atoms with Crippen LogP contribution < -0.4 is 10.6 Å². The summed E-state index contributed by atoms with van der Waals surface area (Å²) in [7, 11) is 0. The number of nitrogens with one attached hydrogen (secondary N) is 2. The molecule has 0 radical (unpaired) electrons. The summed E-state index contributed by atoms with van der Waals surface area (Å²) in [6.45, 7) is 5.39. The first kappa shape index (κ1) is 13.5. The second-order valence-electron chi connectivity index (χ2n) is 4.70. The van der Waals surface area contributed by atoms with Gasteiger partial charge in [-0.2, -0.15) is 0 Å². The number of aliphatic hydroxyl groups is 1. The summed E-state index contributed by atoms with van der Waals surface area (Å²) in [6.07, 6.45) is 3.61. The summed E-state index contributed by atoms with van der Waals surface area (Å²) in [6, 6.07) is 0.305. The van der Waals surface area contributed by atoms with Crippen molar-refractivity contribution in [3.63, 3.8) is 0 Å². The van der Waals surface area contributed by atoms with Gasteiger partial charge in [-0.25, -0.2) is 0 Å². The average Bonchev–Trinajstić information content (AvgIpc) is 2.23. The molecule has 16 heavy (non-hydrogen) atoms. The van der Waals surface area contributed by atoms with E-state index in [1.54, 1.807) is 0 Å². The van der Waals surface area contributed by atoms with E-state index < -0.39 is 0 Å². The topological polar surface area (TPSA) is 61.4 Å². The Morgan fingerprint density at radius 2 is 2.00 bits per heavy atom. The molecule has 1 amide bonds. The highest BCUT2D eigenvalue weighted by Crippen LogP contribution is 2.25. The minimum atomic E-state index is -0.106. The first-order valence-electron chi connectivity index (χ1n) is 6.33. The lowest BCUT2D eigenvalue weighted by Gasteiger charge is -2.31. The Morgan fingerprint density at radius 1 is 1.38 bits per heavy atom. The van der Waals surface area contributed by atoms with Gasteiger partial charge in [0.05, 0.1) is 12.6 Å². The Hall–Kier alpha value is -0.610. The molecule has 0 saturated heterocycles. The molecule has 4 nitrogen and oxygen atoms in total. The van der Waals surface area contributed by atoms with E-state index in [0.29, 0.717) is 18.5 Å². The van der Waals surface area contributed by atoms with Gasteiger partial charge >= 0.3 is 0 Å². The third-order valence-electron chi connectivity index (χ3n) is 3.28. The first-order chi connectivity index (χ1) is 7.65. The lowest BCUT2D eigenvalue weighted by molar-refractivity contribution is -0.121. The third-order valence-corrected chi connectivity index (χ3v) is 3.28. The average molecular weight is 228 g/mol. The molecule has 3 N–H and O–H groups in total. The first-order valence-corrected chi connectivity index (χ1v) is 6.33. The van der Waals surface area contributed by atoms with Crippen molar-refractivity contribution >= 4 is 5.91 Å². The minimum absolute atomic E-state index is 0.0774. The van der Waals surface area contributed by atoms with E-state index in [-0.39, 0.29) is 12.0 Å². The fourth-order valence-corrected chi connectivity index (χ4v) is 2.03. The molecule has 0 heterocycles. The number of carbonyl (C=O) groups is 1. The van der Waals surface area contributed by atoms with E-state index >= 15 is 0 Å². The molecule has 0 aromatic carbocycles. The molecule has 4 heteroatoms. The molecule has 1 aliphatic rings. The molecule has 0 unspecified atom stereocenters. The van der Waals surface area contributed by atoms with E-state index in [0.717, 1.165) is 32.2 Å². The van der Waals surface area contributed by atoms with E-state index in [9.17, 15) is 4.79 Å². The smallest absolute Gasteiger partial charge is 0.234 e. The predicted molar refractivity (Wildman–Crippen MR) is 64.1 cm³/mol. The van der Waals surface area contributed by atoms with Gasteiger partial charge in [0.2, 0.25) is 5.91 Å². The molecular formula is C12H24N2O2. The van der Waals surface area contributed by atoms with Gasteiger partial charge in [0.1, 0.15) is 0 Å². The van der Waals surface area contributed by atoms with Crippen molar-refractivity contribution < 1.29 is 9.90 Å². The summed E-state index contributed by atoms with van der Waals surface area (Å²) < 4.78 is 0. The van der Waals surface area contributed by atoms with Gasteiger partial charge in [-0.05, 0) is 38.1 Å². The van der Waals surface area contributed by atoms with Gasteiger partial charge in [0.15, 0.2) is 0 Å². The zero-order valence-corrected chi connectivity index (χ0v) is 10.3. The molecule has 0 bridgehead atoms. The number of carbonyl (C=O) groups excluding carboxylic acids is 1. The summed E-state index contributed by atoms with van der Waals surface area (Å²) in [5, 5.41) is 15.2. The van der Waals surface area contributed by atoms with Crippen molar-refractivity contribution in [2.75, 3.05) is 13.1 Å². The molecule has 94 valence electrons. The number of aliphatic hydroxyl groups excluding tert-OH is 1. The third kappa shape index (κ3) is 4.49. The number of amides is 1. The number of rotatable bonds is 7. The second-order valence-corrected chi connectivity index (χ2v) is 4.70. The molecule has 1 fully saturated rings. The quantitative estimate of drug-likeness (QED) is 0.599. The zero-order chi connectivity index (χ0) is 12.0. The van der Waals surface area contributed by atoms with Gasteiger partial charge in [-0.15, -0.1) is 0 Å². The monoisotopic (exact) mass is 228 g/mol. The molecule has 0 atom stereocenters. The van der Waals surface area contributed by atoms with Crippen LogP contribution >= 0.6 is 0 Å². The Kier molecular flexibility index (Phi) is 5.77. The van der Waals surface area contributed by atoms with Crippen LogP contribution in [0.15, 0.2) is 0 Å². The molecule has 0 aliphatic heterocycles. The summed E-state index contributed by atoms with van der Waals surface area (Å²) in [5.74, 6) is 0.629. The Morgan fingerprint density at radius 3 is 2.50 bits per heavy atom. The van der Waals surface area contributed by atoms with Crippen molar-refractivity contribution in [1.29, 1.82) is 0 Å². The minimum Gasteiger partial charge on any atom is -0.393 e. The second kappa shape index (κ2) is 6.86. The van der Waals surface area contributed by atoms with Crippen molar-refractivity contribution in [1.82, 2.24) is 10.6 Å². The van der Waals surface area contributed by atoms with Crippen LogP contribution in [0.2, 0.25) is 0 Å². The van der Waals surface area contributed by atoms with Crippen LogP contribution in [-0.2, 0) is 4.79 Å². The fraction of sp³-hybridized carbons (Fsp3) is 0.917. The van der Waals surface area contributed by atoms with Crippen LogP contribution in [0.4, 0.5) is 0 Å². The fourth-order valence-electron chi connectivity index (χ4n) is 2.03. The summed E-state index contributed by atoms with van der Waals surface area (Å²) >= 11 is 0. The molecule has 1 aliphatic carbocycles. The maximum Gasteiger partial charge on any atom is 0.234 e.